The van der Waals surface area contributed by atoms with Crippen molar-refractivity contribution in [2.75, 3.05) is 13.1 Å². The molecular weight excluding hydrogens is 425 g/mol. The number of fused-ring (bicyclic) bond motifs is 1. The van der Waals surface area contributed by atoms with E-state index in [1.165, 1.54) is 16.3 Å². The Hall–Kier alpha value is -2.02. The Bertz CT molecular complexity index is 800. The third kappa shape index (κ3) is 5.77. The number of aliphatic imine (C=N–C) groups is 1. The van der Waals surface area contributed by atoms with Crippen LogP contribution < -0.4 is 10.6 Å². The zero-order valence-electron chi connectivity index (χ0n) is 14.4. The SMILES string of the molecule is CCNC(=NCc1ccco1)NCCc1ccc2ccccc2c1.I. The van der Waals surface area contributed by atoms with Gasteiger partial charge in [-0.1, -0.05) is 42.5 Å². The summed E-state index contributed by atoms with van der Waals surface area (Å²) in [5.41, 5.74) is 1.32. The molecule has 0 aliphatic carbocycles. The Morgan fingerprint density at radius 2 is 1.84 bits per heavy atom. The zero-order chi connectivity index (χ0) is 16.6. The average molecular weight is 449 g/mol. The number of nitrogens with zero attached hydrogens (tertiary/aromatic N) is 1. The van der Waals surface area contributed by atoms with Gasteiger partial charge in [0, 0.05) is 13.1 Å². The summed E-state index contributed by atoms with van der Waals surface area (Å²) in [5.74, 6) is 1.68. The predicted octanol–water partition coefficient (Wildman–Crippen LogP) is 4.35. The monoisotopic (exact) mass is 449 g/mol. The van der Waals surface area contributed by atoms with Crippen LogP contribution in [0.2, 0.25) is 0 Å². The molecule has 1 heterocycles. The van der Waals surface area contributed by atoms with Crippen molar-refractivity contribution in [3.8, 4) is 0 Å². The van der Waals surface area contributed by atoms with Gasteiger partial charge >= 0.3 is 0 Å². The summed E-state index contributed by atoms with van der Waals surface area (Å²) in [5, 5.41) is 9.20. The van der Waals surface area contributed by atoms with Gasteiger partial charge in [-0.05, 0) is 41.8 Å². The highest BCUT2D eigenvalue weighted by molar-refractivity contribution is 14.0. The fraction of sp³-hybridized carbons (Fsp3) is 0.250. The first kappa shape index (κ1) is 19.3. The van der Waals surface area contributed by atoms with Crippen molar-refractivity contribution < 1.29 is 4.42 Å². The van der Waals surface area contributed by atoms with Crippen molar-refractivity contribution in [1.29, 1.82) is 0 Å². The summed E-state index contributed by atoms with van der Waals surface area (Å²) < 4.78 is 5.31. The van der Waals surface area contributed by atoms with Crippen molar-refractivity contribution in [2.24, 2.45) is 4.99 Å². The molecule has 5 heteroatoms. The number of hydrogen-bond donors (Lipinski definition) is 2. The molecule has 1 aromatic heterocycles. The van der Waals surface area contributed by atoms with Crippen LogP contribution in [0.25, 0.3) is 10.8 Å². The lowest BCUT2D eigenvalue weighted by Gasteiger charge is -2.11. The van der Waals surface area contributed by atoms with E-state index >= 15 is 0 Å². The molecule has 2 N–H and O–H groups in total. The van der Waals surface area contributed by atoms with Crippen molar-refractivity contribution in [2.45, 2.75) is 19.9 Å². The molecule has 0 aliphatic heterocycles. The van der Waals surface area contributed by atoms with Gasteiger partial charge in [-0.25, -0.2) is 4.99 Å². The second-order valence-corrected chi connectivity index (χ2v) is 5.63. The third-order valence-electron chi connectivity index (χ3n) is 3.84. The highest BCUT2D eigenvalue weighted by Crippen LogP contribution is 2.15. The first-order valence-corrected chi connectivity index (χ1v) is 8.37. The summed E-state index contributed by atoms with van der Waals surface area (Å²) in [6, 6.07) is 18.9. The standard InChI is InChI=1S/C20H23N3O.HI/c1-2-21-20(23-15-19-8-5-13-24-19)22-12-11-16-9-10-17-6-3-4-7-18(17)14-16;/h3-10,13-14H,2,11-12,15H2,1H3,(H2,21,22,23);1H. The molecule has 3 aromatic rings. The molecule has 0 unspecified atom stereocenters. The molecule has 25 heavy (non-hydrogen) atoms. The second kappa shape index (κ2) is 10.1. The average Bonchev–Trinajstić information content (AvgIpc) is 3.13. The topological polar surface area (TPSA) is 49.6 Å². The highest BCUT2D eigenvalue weighted by atomic mass is 127. The minimum atomic E-state index is 0. The number of benzene rings is 2. The molecule has 0 saturated carbocycles. The van der Waals surface area contributed by atoms with Gasteiger partial charge in [-0.2, -0.15) is 0 Å². The normalized spacial score (nSPS) is 11.2. The number of guanidine groups is 1. The first-order valence-electron chi connectivity index (χ1n) is 8.37. The van der Waals surface area contributed by atoms with E-state index in [1.54, 1.807) is 6.26 Å². The predicted molar refractivity (Wildman–Crippen MR) is 115 cm³/mol. The summed E-state index contributed by atoms with van der Waals surface area (Å²) in [6.07, 6.45) is 2.63. The van der Waals surface area contributed by atoms with E-state index in [0.29, 0.717) is 6.54 Å². The molecule has 0 fully saturated rings. The molecule has 0 radical (unpaired) electrons. The van der Waals surface area contributed by atoms with Crippen LogP contribution in [0.4, 0.5) is 0 Å². The Morgan fingerprint density at radius 1 is 1.00 bits per heavy atom. The zero-order valence-corrected chi connectivity index (χ0v) is 16.7. The summed E-state index contributed by atoms with van der Waals surface area (Å²) in [6.45, 7) is 4.27. The molecular formula is C20H24IN3O. The maximum absolute atomic E-state index is 5.31. The van der Waals surface area contributed by atoms with Crippen LogP contribution >= 0.6 is 24.0 Å². The third-order valence-corrected chi connectivity index (χ3v) is 3.84. The van der Waals surface area contributed by atoms with Crippen LogP contribution in [0.3, 0.4) is 0 Å². The number of hydrogen-bond acceptors (Lipinski definition) is 2. The van der Waals surface area contributed by atoms with Crippen molar-refractivity contribution in [1.82, 2.24) is 10.6 Å². The fourth-order valence-electron chi connectivity index (χ4n) is 2.62. The largest absolute Gasteiger partial charge is 0.467 e. The van der Waals surface area contributed by atoms with Crippen LogP contribution in [0.1, 0.15) is 18.2 Å². The molecule has 0 saturated heterocycles. The van der Waals surface area contributed by atoms with E-state index in [0.717, 1.165) is 31.2 Å². The van der Waals surface area contributed by atoms with Gasteiger partial charge in [0.05, 0.1) is 6.26 Å². The maximum atomic E-state index is 5.31. The van der Waals surface area contributed by atoms with E-state index in [-0.39, 0.29) is 24.0 Å². The smallest absolute Gasteiger partial charge is 0.191 e. The Balaban J connectivity index is 0.00000225. The maximum Gasteiger partial charge on any atom is 0.191 e. The molecule has 0 spiro atoms. The van der Waals surface area contributed by atoms with Crippen LogP contribution in [0, 0.1) is 0 Å². The van der Waals surface area contributed by atoms with Gasteiger partial charge in [-0.15, -0.1) is 24.0 Å². The molecule has 0 amide bonds. The minimum absolute atomic E-state index is 0. The quantitative estimate of drug-likeness (QED) is 0.334. The van der Waals surface area contributed by atoms with Crippen LogP contribution in [-0.2, 0) is 13.0 Å². The Labute approximate surface area is 165 Å². The summed E-state index contributed by atoms with van der Waals surface area (Å²) >= 11 is 0. The molecule has 0 atom stereocenters. The minimum Gasteiger partial charge on any atom is -0.467 e. The number of rotatable bonds is 6. The van der Waals surface area contributed by atoms with E-state index < -0.39 is 0 Å². The van der Waals surface area contributed by atoms with Crippen LogP contribution in [0.15, 0.2) is 70.3 Å². The van der Waals surface area contributed by atoms with Gasteiger partial charge in [0.1, 0.15) is 12.3 Å². The second-order valence-electron chi connectivity index (χ2n) is 5.63. The fourth-order valence-corrected chi connectivity index (χ4v) is 2.62. The Kier molecular flexibility index (Phi) is 7.78. The molecule has 2 aromatic carbocycles. The van der Waals surface area contributed by atoms with Crippen LogP contribution in [0.5, 0.6) is 0 Å². The Morgan fingerprint density at radius 3 is 2.60 bits per heavy atom. The molecule has 132 valence electrons. The number of halogens is 1. The van der Waals surface area contributed by atoms with Gasteiger partial charge in [0.25, 0.3) is 0 Å². The van der Waals surface area contributed by atoms with E-state index in [9.17, 15) is 0 Å². The molecule has 0 aliphatic rings. The number of furan rings is 1. The van der Waals surface area contributed by atoms with Gasteiger partial charge in [0.15, 0.2) is 5.96 Å². The molecule has 0 bridgehead atoms. The van der Waals surface area contributed by atoms with Gasteiger partial charge in [0.2, 0.25) is 0 Å². The van der Waals surface area contributed by atoms with Crippen molar-refractivity contribution >= 4 is 40.7 Å². The van der Waals surface area contributed by atoms with E-state index in [1.807, 2.05) is 12.1 Å². The van der Waals surface area contributed by atoms with Gasteiger partial charge in [-0.3, -0.25) is 0 Å². The van der Waals surface area contributed by atoms with E-state index in [4.69, 9.17) is 4.42 Å². The summed E-state index contributed by atoms with van der Waals surface area (Å²) in [7, 11) is 0. The highest BCUT2D eigenvalue weighted by Gasteiger charge is 2.00. The molecule has 3 rings (SSSR count). The number of nitrogens with one attached hydrogen (secondary N) is 2. The summed E-state index contributed by atoms with van der Waals surface area (Å²) in [4.78, 5) is 4.54. The molecule has 4 nitrogen and oxygen atoms in total. The van der Waals surface area contributed by atoms with Crippen LogP contribution in [-0.4, -0.2) is 19.0 Å². The van der Waals surface area contributed by atoms with Gasteiger partial charge < -0.3 is 15.1 Å². The lowest BCUT2D eigenvalue weighted by Crippen LogP contribution is -2.38. The van der Waals surface area contributed by atoms with E-state index in [2.05, 4.69) is 65.0 Å². The lowest BCUT2D eigenvalue weighted by atomic mass is 10.1. The lowest BCUT2D eigenvalue weighted by molar-refractivity contribution is 0.512. The van der Waals surface area contributed by atoms with Crippen molar-refractivity contribution in [3.63, 3.8) is 0 Å². The van der Waals surface area contributed by atoms with Crippen molar-refractivity contribution in [3.05, 3.63) is 72.2 Å². The first-order chi connectivity index (χ1) is 11.8.